The summed E-state index contributed by atoms with van der Waals surface area (Å²) in [5.74, 6) is 0.150. The van der Waals surface area contributed by atoms with Crippen molar-refractivity contribution in [2.75, 3.05) is 19.4 Å². The fraction of sp³-hybridized carbons (Fsp3) is 0.538. The Hall–Kier alpha value is -0.910. The summed E-state index contributed by atoms with van der Waals surface area (Å²) in [5.41, 5.74) is 2.11. The summed E-state index contributed by atoms with van der Waals surface area (Å²) in [4.78, 5) is 0. The second-order valence-electron chi connectivity index (χ2n) is 4.25. The molecule has 0 saturated heterocycles. The summed E-state index contributed by atoms with van der Waals surface area (Å²) in [7, 11) is -1.60. The van der Waals surface area contributed by atoms with E-state index >= 15 is 0 Å². The molecule has 0 spiro atoms. The number of sulfonamides is 1. The summed E-state index contributed by atoms with van der Waals surface area (Å²) < 4.78 is 31.1. The van der Waals surface area contributed by atoms with Gasteiger partial charge in [0.1, 0.15) is 0 Å². The number of ether oxygens (including phenoxy) is 1. The average Bonchev–Trinajstić information content (AvgIpc) is 2.32. The third-order valence-corrected chi connectivity index (χ3v) is 4.33. The van der Waals surface area contributed by atoms with Gasteiger partial charge in [-0.3, -0.25) is 0 Å². The van der Waals surface area contributed by atoms with Crippen molar-refractivity contribution in [2.24, 2.45) is 0 Å². The van der Waals surface area contributed by atoms with Crippen molar-refractivity contribution < 1.29 is 13.2 Å². The highest BCUT2D eigenvalue weighted by Gasteiger charge is 2.16. The van der Waals surface area contributed by atoms with E-state index in [4.69, 9.17) is 4.74 Å². The number of hydrogen-bond acceptors (Lipinski definition) is 3. The van der Waals surface area contributed by atoms with Crippen LogP contribution in [0.15, 0.2) is 24.3 Å². The van der Waals surface area contributed by atoms with Crippen LogP contribution < -0.4 is 4.72 Å². The molecule has 0 saturated carbocycles. The van der Waals surface area contributed by atoms with Crippen molar-refractivity contribution in [3.05, 3.63) is 35.4 Å². The van der Waals surface area contributed by atoms with Crippen LogP contribution in [-0.2, 0) is 14.8 Å². The molecule has 0 aliphatic heterocycles. The maximum atomic E-state index is 11.6. The SMILES string of the molecule is CCCS(=O)(=O)NC[C@@H](OC)c1ccccc1C. The van der Waals surface area contributed by atoms with E-state index in [-0.39, 0.29) is 18.4 Å². The Balaban J connectivity index is 2.72. The van der Waals surface area contributed by atoms with Crippen LogP contribution in [0.3, 0.4) is 0 Å². The molecule has 0 aliphatic carbocycles. The lowest BCUT2D eigenvalue weighted by atomic mass is 10.0. The minimum atomic E-state index is -3.19. The summed E-state index contributed by atoms with van der Waals surface area (Å²) >= 11 is 0. The lowest BCUT2D eigenvalue weighted by Gasteiger charge is -2.18. The zero-order chi connectivity index (χ0) is 13.6. The molecule has 0 radical (unpaired) electrons. The molecule has 1 aromatic carbocycles. The molecular weight excluding hydrogens is 250 g/mol. The third-order valence-electron chi connectivity index (χ3n) is 2.78. The smallest absolute Gasteiger partial charge is 0.211 e. The van der Waals surface area contributed by atoms with Gasteiger partial charge < -0.3 is 4.74 Å². The zero-order valence-electron chi connectivity index (χ0n) is 11.1. The largest absolute Gasteiger partial charge is 0.375 e. The first-order valence-corrected chi connectivity index (χ1v) is 7.71. The van der Waals surface area contributed by atoms with E-state index in [9.17, 15) is 8.42 Å². The Morgan fingerprint density at radius 2 is 2.00 bits per heavy atom. The van der Waals surface area contributed by atoms with E-state index in [1.807, 2.05) is 38.1 Å². The van der Waals surface area contributed by atoms with Gasteiger partial charge in [-0.1, -0.05) is 31.2 Å². The molecule has 0 bridgehead atoms. The number of nitrogens with one attached hydrogen (secondary N) is 1. The van der Waals surface area contributed by atoms with Gasteiger partial charge in [0, 0.05) is 13.7 Å². The lowest BCUT2D eigenvalue weighted by molar-refractivity contribution is 0.107. The quantitative estimate of drug-likeness (QED) is 0.825. The van der Waals surface area contributed by atoms with Gasteiger partial charge in [0.05, 0.1) is 11.9 Å². The van der Waals surface area contributed by atoms with E-state index in [1.54, 1.807) is 7.11 Å². The van der Waals surface area contributed by atoms with Gasteiger partial charge in [-0.25, -0.2) is 13.1 Å². The van der Waals surface area contributed by atoms with Crippen molar-refractivity contribution in [3.8, 4) is 0 Å². The number of rotatable bonds is 7. The summed E-state index contributed by atoms with van der Waals surface area (Å²) in [6.07, 6.45) is 0.356. The summed E-state index contributed by atoms with van der Waals surface area (Å²) in [5, 5.41) is 0. The normalized spacial score (nSPS) is 13.5. The average molecular weight is 271 g/mol. The van der Waals surface area contributed by atoms with Gasteiger partial charge in [-0.15, -0.1) is 0 Å². The summed E-state index contributed by atoms with van der Waals surface area (Å²) in [6.45, 7) is 4.10. The van der Waals surface area contributed by atoms with Gasteiger partial charge >= 0.3 is 0 Å². The number of aryl methyl sites for hydroxylation is 1. The molecule has 0 heterocycles. The van der Waals surface area contributed by atoms with Gasteiger partial charge in [-0.05, 0) is 24.5 Å². The molecule has 1 aromatic rings. The predicted molar refractivity (Wildman–Crippen MR) is 73.0 cm³/mol. The highest BCUT2D eigenvalue weighted by Crippen LogP contribution is 2.19. The molecule has 1 N–H and O–H groups in total. The Bertz CT molecular complexity index is 471. The Labute approximate surface area is 109 Å². The van der Waals surface area contributed by atoms with E-state index in [0.29, 0.717) is 6.42 Å². The maximum absolute atomic E-state index is 11.6. The van der Waals surface area contributed by atoms with Crippen molar-refractivity contribution in [2.45, 2.75) is 26.4 Å². The first-order valence-electron chi connectivity index (χ1n) is 6.06. The molecule has 4 nitrogen and oxygen atoms in total. The molecule has 0 fully saturated rings. The van der Waals surface area contributed by atoms with E-state index in [1.165, 1.54) is 0 Å². The number of hydrogen-bond donors (Lipinski definition) is 1. The predicted octanol–water partition coefficient (Wildman–Crippen LogP) is 2.01. The third kappa shape index (κ3) is 4.40. The van der Waals surface area contributed by atoms with Crippen LogP contribution in [0.25, 0.3) is 0 Å². The number of benzene rings is 1. The van der Waals surface area contributed by atoms with Crippen LogP contribution in [0.1, 0.15) is 30.6 Å². The van der Waals surface area contributed by atoms with E-state index < -0.39 is 10.0 Å². The van der Waals surface area contributed by atoms with Crippen LogP contribution in [0.4, 0.5) is 0 Å². The monoisotopic (exact) mass is 271 g/mol. The van der Waals surface area contributed by atoms with Gasteiger partial charge in [0.2, 0.25) is 10.0 Å². The molecule has 0 aliphatic rings. The molecule has 1 atom stereocenters. The minimum Gasteiger partial charge on any atom is -0.375 e. The van der Waals surface area contributed by atoms with Crippen LogP contribution in [-0.4, -0.2) is 27.8 Å². The van der Waals surface area contributed by atoms with Crippen LogP contribution in [0.2, 0.25) is 0 Å². The molecule has 1 rings (SSSR count). The van der Waals surface area contributed by atoms with Crippen LogP contribution in [0.5, 0.6) is 0 Å². The van der Waals surface area contributed by atoms with Crippen molar-refractivity contribution in [3.63, 3.8) is 0 Å². The molecular formula is C13H21NO3S. The molecule has 0 aromatic heterocycles. The molecule has 5 heteroatoms. The lowest BCUT2D eigenvalue weighted by Crippen LogP contribution is -2.31. The molecule has 18 heavy (non-hydrogen) atoms. The van der Waals surface area contributed by atoms with Crippen LogP contribution >= 0.6 is 0 Å². The maximum Gasteiger partial charge on any atom is 0.211 e. The van der Waals surface area contributed by atoms with Gasteiger partial charge in [-0.2, -0.15) is 0 Å². The van der Waals surface area contributed by atoms with E-state index in [0.717, 1.165) is 11.1 Å². The highest BCUT2D eigenvalue weighted by atomic mass is 32.2. The fourth-order valence-electron chi connectivity index (χ4n) is 1.81. The standard InChI is InChI=1S/C13H21NO3S/c1-4-9-18(15,16)14-10-13(17-3)12-8-6-5-7-11(12)2/h5-8,13-14H,4,9-10H2,1-3H3/t13-/m1/s1. The van der Waals surface area contributed by atoms with E-state index in [2.05, 4.69) is 4.72 Å². The van der Waals surface area contributed by atoms with Crippen LogP contribution in [0, 0.1) is 6.92 Å². The molecule has 102 valence electrons. The number of methoxy groups -OCH3 is 1. The zero-order valence-corrected chi connectivity index (χ0v) is 12.0. The highest BCUT2D eigenvalue weighted by molar-refractivity contribution is 7.89. The second kappa shape index (κ2) is 6.87. The van der Waals surface area contributed by atoms with Gasteiger partial charge in [0.15, 0.2) is 0 Å². The van der Waals surface area contributed by atoms with Gasteiger partial charge in [0.25, 0.3) is 0 Å². The molecule has 0 amide bonds. The molecule has 0 unspecified atom stereocenters. The summed E-state index contributed by atoms with van der Waals surface area (Å²) in [6, 6.07) is 7.82. The van der Waals surface area contributed by atoms with Crippen molar-refractivity contribution >= 4 is 10.0 Å². The fourth-order valence-corrected chi connectivity index (χ4v) is 2.90. The Morgan fingerprint density at radius 1 is 1.33 bits per heavy atom. The first-order chi connectivity index (χ1) is 8.50. The van der Waals surface area contributed by atoms with Crippen molar-refractivity contribution in [1.29, 1.82) is 0 Å². The second-order valence-corrected chi connectivity index (χ2v) is 6.17. The Kier molecular flexibility index (Phi) is 5.78. The first kappa shape index (κ1) is 15.1. The van der Waals surface area contributed by atoms with Crippen molar-refractivity contribution in [1.82, 2.24) is 4.72 Å². The Morgan fingerprint density at radius 3 is 2.56 bits per heavy atom. The topological polar surface area (TPSA) is 55.4 Å². The minimum absolute atomic E-state index is 0.150.